The van der Waals surface area contributed by atoms with Gasteiger partial charge in [0.25, 0.3) is 0 Å². The van der Waals surface area contributed by atoms with Crippen LogP contribution in [-0.4, -0.2) is 58.5 Å². The molecule has 0 bridgehead atoms. The Morgan fingerprint density at radius 1 is 1.14 bits per heavy atom. The summed E-state index contributed by atoms with van der Waals surface area (Å²) >= 11 is 3.95. The molecule has 0 aromatic heterocycles. The molecule has 0 aliphatic heterocycles. The highest BCUT2D eigenvalue weighted by Gasteiger charge is 2.26. The number of nitrogens with one attached hydrogen (secondary N) is 2. The molecule has 122 valence electrons. The number of carbonyl (C=O) groups is 3. The van der Waals surface area contributed by atoms with E-state index in [-0.39, 0.29) is 11.7 Å². The molecule has 0 aliphatic rings. The molecule has 3 atom stereocenters. The molecule has 0 rings (SSSR count). The van der Waals surface area contributed by atoms with E-state index < -0.39 is 42.5 Å². The molecule has 0 saturated heterocycles. The second-order valence-electron chi connectivity index (χ2n) is 5.06. The van der Waals surface area contributed by atoms with Crippen LogP contribution in [0.15, 0.2) is 0 Å². The predicted octanol–water partition coefficient (Wildman–Crippen LogP) is -1.66. The maximum atomic E-state index is 11.8. The van der Waals surface area contributed by atoms with Crippen molar-refractivity contribution in [2.24, 2.45) is 11.7 Å². The van der Waals surface area contributed by atoms with Gasteiger partial charge in [-0.05, 0) is 12.3 Å². The highest BCUT2D eigenvalue weighted by molar-refractivity contribution is 7.80. The van der Waals surface area contributed by atoms with E-state index >= 15 is 0 Å². The summed E-state index contributed by atoms with van der Waals surface area (Å²) in [5.41, 5.74) is 5.69. The van der Waals surface area contributed by atoms with Gasteiger partial charge in [0.1, 0.15) is 12.1 Å². The quantitative estimate of drug-likeness (QED) is 0.281. The van der Waals surface area contributed by atoms with Gasteiger partial charge in [-0.3, -0.25) is 9.59 Å². The van der Waals surface area contributed by atoms with E-state index in [4.69, 9.17) is 15.9 Å². The second-order valence-corrected chi connectivity index (χ2v) is 5.43. The first-order chi connectivity index (χ1) is 9.72. The summed E-state index contributed by atoms with van der Waals surface area (Å²) in [6.45, 7) is 3.07. The van der Waals surface area contributed by atoms with Crippen LogP contribution in [0.4, 0.5) is 0 Å². The number of thiol groups is 1. The summed E-state index contributed by atoms with van der Waals surface area (Å²) in [5, 5.41) is 22.1. The van der Waals surface area contributed by atoms with Crippen molar-refractivity contribution in [3.05, 3.63) is 0 Å². The molecule has 2 amide bonds. The zero-order valence-electron chi connectivity index (χ0n) is 12.1. The van der Waals surface area contributed by atoms with E-state index in [0.29, 0.717) is 6.42 Å². The van der Waals surface area contributed by atoms with Crippen molar-refractivity contribution >= 4 is 30.4 Å². The molecule has 9 heteroatoms. The summed E-state index contributed by atoms with van der Waals surface area (Å²) in [4.78, 5) is 34.4. The zero-order chi connectivity index (χ0) is 16.6. The van der Waals surface area contributed by atoms with Crippen LogP contribution < -0.4 is 16.4 Å². The minimum absolute atomic E-state index is 0.0241. The molecule has 8 nitrogen and oxygen atoms in total. The molecule has 0 spiro atoms. The number of aliphatic hydroxyl groups excluding tert-OH is 1. The van der Waals surface area contributed by atoms with Crippen molar-refractivity contribution in [1.82, 2.24) is 10.6 Å². The van der Waals surface area contributed by atoms with Crippen LogP contribution in [0.1, 0.15) is 20.3 Å². The van der Waals surface area contributed by atoms with E-state index in [2.05, 4.69) is 23.3 Å². The first-order valence-corrected chi connectivity index (χ1v) is 7.17. The van der Waals surface area contributed by atoms with Crippen molar-refractivity contribution in [3.8, 4) is 0 Å². The van der Waals surface area contributed by atoms with Gasteiger partial charge in [0, 0.05) is 5.75 Å². The Hall–Kier alpha value is -1.32. The number of carboxylic acids is 1. The Labute approximate surface area is 128 Å². The number of hydrogen-bond donors (Lipinski definition) is 6. The van der Waals surface area contributed by atoms with Crippen molar-refractivity contribution in [2.75, 3.05) is 12.4 Å². The molecule has 0 aromatic rings. The maximum absolute atomic E-state index is 11.8. The van der Waals surface area contributed by atoms with Gasteiger partial charge in [0.15, 0.2) is 0 Å². The topological polar surface area (TPSA) is 142 Å². The predicted molar refractivity (Wildman–Crippen MR) is 79.9 cm³/mol. The lowest BCUT2D eigenvalue weighted by Crippen LogP contribution is -2.56. The lowest BCUT2D eigenvalue weighted by atomic mass is 10.0. The first kappa shape index (κ1) is 19.7. The van der Waals surface area contributed by atoms with E-state index in [9.17, 15) is 14.4 Å². The normalized spacial score (nSPS) is 15.1. The van der Waals surface area contributed by atoms with Crippen LogP contribution in [-0.2, 0) is 14.4 Å². The lowest BCUT2D eigenvalue weighted by Gasteiger charge is -2.21. The molecule has 0 aromatic carbocycles. The zero-order valence-corrected chi connectivity index (χ0v) is 13.0. The Bertz CT molecular complexity index is 378. The molecule has 0 unspecified atom stereocenters. The third kappa shape index (κ3) is 7.30. The lowest BCUT2D eigenvalue weighted by molar-refractivity contribution is -0.143. The largest absolute Gasteiger partial charge is 0.480 e. The number of aliphatic hydroxyl groups is 1. The minimum atomic E-state index is -1.43. The minimum Gasteiger partial charge on any atom is -0.480 e. The third-order valence-corrected chi connectivity index (χ3v) is 3.04. The number of aliphatic carboxylic acids is 1. The van der Waals surface area contributed by atoms with Crippen LogP contribution in [0.5, 0.6) is 0 Å². The maximum Gasteiger partial charge on any atom is 0.328 e. The number of nitrogens with two attached hydrogens (primary N) is 1. The average molecular weight is 321 g/mol. The van der Waals surface area contributed by atoms with Crippen LogP contribution in [0, 0.1) is 5.92 Å². The Morgan fingerprint density at radius 3 is 2.05 bits per heavy atom. The van der Waals surface area contributed by atoms with Gasteiger partial charge in [0.05, 0.1) is 12.6 Å². The molecule has 0 heterocycles. The van der Waals surface area contributed by atoms with Gasteiger partial charge >= 0.3 is 5.97 Å². The molecule has 0 fully saturated rings. The number of carbonyl (C=O) groups excluding carboxylic acids is 2. The fraction of sp³-hybridized carbons (Fsp3) is 0.750. The Morgan fingerprint density at radius 2 is 1.67 bits per heavy atom. The van der Waals surface area contributed by atoms with E-state index in [0.717, 1.165) is 0 Å². The van der Waals surface area contributed by atoms with Gasteiger partial charge in [0.2, 0.25) is 11.8 Å². The molecular weight excluding hydrogens is 298 g/mol. The Balaban J connectivity index is 4.59. The van der Waals surface area contributed by atoms with Crippen molar-refractivity contribution in [3.63, 3.8) is 0 Å². The van der Waals surface area contributed by atoms with E-state index in [1.54, 1.807) is 0 Å². The van der Waals surface area contributed by atoms with E-state index in [1.807, 2.05) is 13.8 Å². The van der Waals surface area contributed by atoms with Gasteiger partial charge < -0.3 is 26.6 Å². The van der Waals surface area contributed by atoms with Gasteiger partial charge in [-0.15, -0.1) is 0 Å². The standard InChI is InChI=1S/C12H23N3O5S/c1-6(2)3-7(13)10(17)15-9(5-21)11(18)14-8(4-16)12(19)20/h6-9,16,21H,3-5,13H2,1-2H3,(H,14,18)(H,15,17)(H,19,20)/t7-,8-,9-/m0/s1. The van der Waals surface area contributed by atoms with Gasteiger partial charge in [-0.25, -0.2) is 4.79 Å². The van der Waals surface area contributed by atoms with Gasteiger partial charge in [-0.1, -0.05) is 13.8 Å². The SMILES string of the molecule is CC(C)C[C@H](N)C(=O)N[C@@H](CS)C(=O)N[C@@H](CO)C(=O)O. The highest BCUT2D eigenvalue weighted by Crippen LogP contribution is 2.03. The molecule has 0 saturated carbocycles. The third-order valence-electron chi connectivity index (χ3n) is 2.67. The summed E-state index contributed by atoms with van der Waals surface area (Å²) in [5.74, 6) is -2.42. The Kier molecular flexibility index (Phi) is 8.98. The van der Waals surface area contributed by atoms with Crippen molar-refractivity contribution in [2.45, 2.75) is 38.4 Å². The molecular formula is C12H23N3O5S. The number of hydrogen-bond acceptors (Lipinski definition) is 6. The molecule has 0 aliphatic carbocycles. The summed E-state index contributed by atoms with van der Waals surface area (Å²) < 4.78 is 0. The van der Waals surface area contributed by atoms with Crippen LogP contribution in [0.25, 0.3) is 0 Å². The second kappa shape index (κ2) is 9.59. The van der Waals surface area contributed by atoms with Crippen molar-refractivity contribution in [1.29, 1.82) is 0 Å². The fourth-order valence-corrected chi connectivity index (χ4v) is 1.80. The summed E-state index contributed by atoms with van der Waals surface area (Å²) in [6, 6.07) is -3.21. The van der Waals surface area contributed by atoms with Crippen molar-refractivity contribution < 1.29 is 24.6 Å². The first-order valence-electron chi connectivity index (χ1n) is 6.53. The smallest absolute Gasteiger partial charge is 0.328 e. The number of amides is 2. The molecule has 0 radical (unpaired) electrons. The fourth-order valence-electron chi connectivity index (χ4n) is 1.55. The summed E-state index contributed by atoms with van der Waals surface area (Å²) in [6.07, 6.45) is 0.459. The van der Waals surface area contributed by atoms with Gasteiger partial charge in [-0.2, -0.15) is 12.6 Å². The van der Waals surface area contributed by atoms with Crippen LogP contribution >= 0.6 is 12.6 Å². The monoisotopic (exact) mass is 321 g/mol. The van der Waals surface area contributed by atoms with Crippen LogP contribution in [0.2, 0.25) is 0 Å². The highest BCUT2D eigenvalue weighted by atomic mass is 32.1. The molecule has 21 heavy (non-hydrogen) atoms. The van der Waals surface area contributed by atoms with Crippen LogP contribution in [0.3, 0.4) is 0 Å². The van der Waals surface area contributed by atoms with E-state index in [1.165, 1.54) is 0 Å². The number of carboxylic acid groups (broad SMARTS) is 1. The average Bonchev–Trinajstić information content (AvgIpc) is 2.40. The summed E-state index contributed by atoms with van der Waals surface area (Å²) in [7, 11) is 0. The molecule has 6 N–H and O–H groups in total. The number of rotatable bonds is 9.